The lowest BCUT2D eigenvalue weighted by molar-refractivity contribution is 0.164. The van der Waals surface area contributed by atoms with Crippen molar-refractivity contribution in [3.63, 3.8) is 0 Å². The van der Waals surface area contributed by atoms with Crippen molar-refractivity contribution in [2.75, 3.05) is 33.2 Å². The van der Waals surface area contributed by atoms with Crippen molar-refractivity contribution in [1.82, 2.24) is 9.80 Å². The largest absolute Gasteiger partial charge is 0.552 e. The average Bonchev–Trinajstić information content (AvgIpc) is 2.04. The van der Waals surface area contributed by atoms with Crippen LogP contribution in [0.5, 0.6) is 0 Å². The number of hydrogen-bond donors (Lipinski definition) is 2. The Balaban J connectivity index is 2.39. The number of carbonyl (C=O) groups excluding carboxylic acids is 1. The molecule has 1 fully saturated rings. The fourth-order valence-corrected chi connectivity index (χ4v) is 1.19. The van der Waals surface area contributed by atoms with E-state index in [0.717, 1.165) is 13.1 Å². The van der Waals surface area contributed by atoms with Crippen LogP contribution in [-0.4, -0.2) is 66.0 Å². The van der Waals surface area contributed by atoms with E-state index in [4.69, 9.17) is 10.0 Å². The molecule has 0 saturated carbocycles. The number of amides is 1. The maximum Gasteiger partial charge on any atom is 0.552 e. The third-order valence-corrected chi connectivity index (χ3v) is 2.04. The zero-order chi connectivity index (χ0) is 9.14. The first kappa shape index (κ1) is 9.50. The molecule has 0 aromatic carbocycles. The molecule has 1 rings (SSSR count). The maximum atomic E-state index is 11.0. The van der Waals surface area contributed by atoms with E-state index >= 15 is 0 Å². The van der Waals surface area contributed by atoms with Crippen LogP contribution in [0.3, 0.4) is 0 Å². The Hall–Kier alpha value is -0.585. The molecule has 1 amide bonds. The molecule has 12 heavy (non-hydrogen) atoms. The van der Waals surface area contributed by atoms with Crippen LogP contribution in [0.25, 0.3) is 0 Å². The summed E-state index contributed by atoms with van der Waals surface area (Å²) in [5.74, 6) is -0.594. The summed E-state index contributed by atoms with van der Waals surface area (Å²) in [6, 6.07) is 0. The van der Waals surface area contributed by atoms with Gasteiger partial charge in [0, 0.05) is 26.2 Å². The molecule has 0 atom stereocenters. The standard InChI is InChI=1S/C6H13BN2O3/c1-8-2-4-9(5-3-8)6(10)7(11)12/h11-12H,2-5H2,1H3. The van der Waals surface area contributed by atoms with E-state index < -0.39 is 12.9 Å². The van der Waals surface area contributed by atoms with E-state index in [1.807, 2.05) is 7.05 Å². The van der Waals surface area contributed by atoms with E-state index in [-0.39, 0.29) is 0 Å². The van der Waals surface area contributed by atoms with Crippen molar-refractivity contribution in [1.29, 1.82) is 0 Å². The molecule has 1 heterocycles. The lowest BCUT2D eigenvalue weighted by Crippen LogP contribution is -2.51. The minimum atomic E-state index is -1.85. The van der Waals surface area contributed by atoms with Crippen LogP contribution < -0.4 is 0 Å². The molecule has 6 heteroatoms. The minimum absolute atomic E-state index is 0.576. The molecule has 2 N–H and O–H groups in total. The summed E-state index contributed by atoms with van der Waals surface area (Å²) >= 11 is 0. The molecular weight excluding hydrogens is 159 g/mol. The van der Waals surface area contributed by atoms with E-state index in [9.17, 15) is 4.79 Å². The molecule has 68 valence electrons. The van der Waals surface area contributed by atoms with Gasteiger partial charge >= 0.3 is 7.12 Å². The second-order valence-electron chi connectivity index (χ2n) is 3.00. The average molecular weight is 172 g/mol. The Morgan fingerprint density at radius 2 is 1.75 bits per heavy atom. The normalized spacial score (nSPS) is 19.4. The number of carbonyl (C=O) groups is 1. The smallest absolute Gasteiger partial charge is 0.420 e. The van der Waals surface area contributed by atoms with Crippen molar-refractivity contribution in [3.05, 3.63) is 0 Å². The summed E-state index contributed by atoms with van der Waals surface area (Å²) in [7, 11) is 0.116. The molecular formula is C6H13BN2O3. The number of likely N-dealkylation sites (N-methyl/N-ethyl adjacent to an activating group) is 1. The minimum Gasteiger partial charge on any atom is -0.420 e. The van der Waals surface area contributed by atoms with Crippen molar-refractivity contribution in [3.8, 4) is 0 Å². The third-order valence-electron chi connectivity index (χ3n) is 2.04. The molecule has 0 spiro atoms. The van der Waals surface area contributed by atoms with E-state index in [1.54, 1.807) is 0 Å². The van der Waals surface area contributed by atoms with Gasteiger partial charge in [-0.05, 0) is 7.05 Å². The number of nitrogens with zero attached hydrogens (tertiary/aromatic N) is 2. The molecule has 1 aliphatic heterocycles. The number of hydrogen-bond acceptors (Lipinski definition) is 4. The molecule has 0 unspecified atom stereocenters. The first-order chi connectivity index (χ1) is 5.61. The van der Waals surface area contributed by atoms with Gasteiger partial charge in [0.05, 0.1) is 0 Å². The van der Waals surface area contributed by atoms with Crippen LogP contribution in [0.4, 0.5) is 4.79 Å². The summed E-state index contributed by atoms with van der Waals surface area (Å²) in [6.45, 7) is 2.73. The van der Waals surface area contributed by atoms with Crippen molar-refractivity contribution in [2.24, 2.45) is 0 Å². The van der Waals surface area contributed by atoms with Gasteiger partial charge in [-0.1, -0.05) is 0 Å². The number of piperazine rings is 1. The maximum absolute atomic E-state index is 11.0. The van der Waals surface area contributed by atoms with E-state index in [2.05, 4.69) is 4.90 Å². The first-order valence-electron chi connectivity index (χ1n) is 3.94. The first-order valence-corrected chi connectivity index (χ1v) is 3.94. The SMILES string of the molecule is CN1CCN(C(=O)B(O)O)CC1. The Morgan fingerprint density at radius 3 is 2.17 bits per heavy atom. The fraction of sp³-hybridized carbons (Fsp3) is 0.833. The highest BCUT2D eigenvalue weighted by molar-refractivity contribution is 6.78. The highest BCUT2D eigenvalue weighted by Crippen LogP contribution is 2.00. The summed E-state index contributed by atoms with van der Waals surface area (Å²) in [5.41, 5.74) is 0. The lowest BCUT2D eigenvalue weighted by Gasteiger charge is -2.32. The highest BCUT2D eigenvalue weighted by Gasteiger charge is 2.28. The van der Waals surface area contributed by atoms with Crippen LogP contribution in [0.15, 0.2) is 0 Å². The molecule has 1 aliphatic rings. The predicted molar refractivity (Wildman–Crippen MR) is 44.7 cm³/mol. The topological polar surface area (TPSA) is 64.0 Å². The van der Waals surface area contributed by atoms with Crippen LogP contribution in [0.2, 0.25) is 0 Å². The van der Waals surface area contributed by atoms with Gasteiger partial charge < -0.3 is 19.8 Å². The zero-order valence-corrected chi connectivity index (χ0v) is 7.10. The van der Waals surface area contributed by atoms with Crippen LogP contribution >= 0.6 is 0 Å². The van der Waals surface area contributed by atoms with Gasteiger partial charge in [0.2, 0.25) is 0 Å². The van der Waals surface area contributed by atoms with Gasteiger partial charge in [0.25, 0.3) is 5.81 Å². The Morgan fingerprint density at radius 1 is 1.25 bits per heavy atom. The quantitative estimate of drug-likeness (QED) is 0.468. The zero-order valence-electron chi connectivity index (χ0n) is 7.10. The predicted octanol–water partition coefficient (Wildman–Crippen LogP) is -1.59. The molecule has 0 aromatic heterocycles. The highest BCUT2D eigenvalue weighted by atomic mass is 16.4. The Bertz CT molecular complexity index is 168. The van der Waals surface area contributed by atoms with Gasteiger partial charge in [-0.25, -0.2) is 0 Å². The third kappa shape index (κ3) is 2.20. The number of rotatable bonds is 1. The summed E-state index contributed by atoms with van der Waals surface area (Å²) in [6.07, 6.45) is 0. The molecule has 0 aromatic rings. The fourth-order valence-electron chi connectivity index (χ4n) is 1.19. The molecule has 0 radical (unpaired) electrons. The Kier molecular flexibility index (Phi) is 3.08. The van der Waals surface area contributed by atoms with Gasteiger partial charge in [-0.2, -0.15) is 0 Å². The summed E-state index contributed by atoms with van der Waals surface area (Å²) < 4.78 is 0. The summed E-state index contributed by atoms with van der Waals surface area (Å²) in [5, 5.41) is 17.2. The van der Waals surface area contributed by atoms with Crippen molar-refractivity contribution < 1.29 is 14.8 Å². The van der Waals surface area contributed by atoms with Crippen LogP contribution in [0, 0.1) is 0 Å². The lowest BCUT2D eigenvalue weighted by atomic mass is 9.89. The van der Waals surface area contributed by atoms with Crippen molar-refractivity contribution >= 4 is 12.9 Å². The second-order valence-corrected chi connectivity index (χ2v) is 3.00. The molecule has 5 nitrogen and oxygen atoms in total. The van der Waals surface area contributed by atoms with E-state index in [1.165, 1.54) is 4.90 Å². The van der Waals surface area contributed by atoms with Gasteiger partial charge in [0.1, 0.15) is 0 Å². The molecule has 0 aliphatic carbocycles. The summed E-state index contributed by atoms with van der Waals surface area (Å²) in [4.78, 5) is 14.6. The molecule has 0 bridgehead atoms. The van der Waals surface area contributed by atoms with Gasteiger partial charge in [0.15, 0.2) is 0 Å². The van der Waals surface area contributed by atoms with E-state index in [0.29, 0.717) is 13.1 Å². The van der Waals surface area contributed by atoms with Crippen LogP contribution in [0.1, 0.15) is 0 Å². The van der Waals surface area contributed by atoms with Crippen LogP contribution in [-0.2, 0) is 0 Å². The van der Waals surface area contributed by atoms with Gasteiger partial charge in [-0.15, -0.1) is 0 Å². The monoisotopic (exact) mass is 172 g/mol. The van der Waals surface area contributed by atoms with Crippen molar-refractivity contribution in [2.45, 2.75) is 0 Å². The molecule has 1 saturated heterocycles. The Labute approximate surface area is 71.7 Å². The van der Waals surface area contributed by atoms with Gasteiger partial charge in [-0.3, -0.25) is 4.79 Å². The second kappa shape index (κ2) is 3.89.